The SMILES string of the molecule is COc1ccc(Cl)cc1Nc1ccc(NC(=O)c2ccc3c(c2)OCO3)nn1. The Morgan fingerprint density at radius 3 is 2.61 bits per heavy atom. The van der Waals surface area contributed by atoms with Crippen molar-refractivity contribution in [1.29, 1.82) is 0 Å². The van der Waals surface area contributed by atoms with Gasteiger partial charge in [0.2, 0.25) is 6.79 Å². The number of anilines is 3. The number of hydrogen-bond donors (Lipinski definition) is 2. The molecule has 2 aromatic carbocycles. The molecule has 2 heterocycles. The third-order valence-electron chi connectivity index (χ3n) is 3.97. The highest BCUT2D eigenvalue weighted by Crippen LogP contribution is 2.33. The van der Waals surface area contributed by atoms with Crippen molar-refractivity contribution in [2.75, 3.05) is 24.5 Å². The van der Waals surface area contributed by atoms with Crippen molar-refractivity contribution in [1.82, 2.24) is 10.2 Å². The molecular weight excluding hydrogens is 384 g/mol. The first-order chi connectivity index (χ1) is 13.6. The van der Waals surface area contributed by atoms with Gasteiger partial charge in [0.1, 0.15) is 5.75 Å². The van der Waals surface area contributed by atoms with Gasteiger partial charge in [-0.3, -0.25) is 4.79 Å². The van der Waals surface area contributed by atoms with Crippen molar-refractivity contribution in [2.45, 2.75) is 0 Å². The Hall–Kier alpha value is -3.52. The van der Waals surface area contributed by atoms with E-state index in [0.29, 0.717) is 45.2 Å². The Balaban J connectivity index is 1.45. The lowest BCUT2D eigenvalue weighted by atomic mass is 10.2. The van der Waals surface area contributed by atoms with Crippen molar-refractivity contribution in [2.24, 2.45) is 0 Å². The molecule has 28 heavy (non-hydrogen) atoms. The predicted octanol–water partition coefficient (Wildman–Crippen LogP) is 3.86. The van der Waals surface area contributed by atoms with Crippen LogP contribution < -0.4 is 24.8 Å². The number of ether oxygens (including phenoxy) is 3. The molecule has 1 aromatic heterocycles. The van der Waals surface area contributed by atoms with Crippen molar-refractivity contribution in [3.8, 4) is 17.2 Å². The maximum absolute atomic E-state index is 12.4. The zero-order valence-corrected chi connectivity index (χ0v) is 15.5. The van der Waals surface area contributed by atoms with Crippen LogP contribution in [0.1, 0.15) is 10.4 Å². The van der Waals surface area contributed by atoms with Crippen LogP contribution in [0.25, 0.3) is 0 Å². The highest BCUT2D eigenvalue weighted by molar-refractivity contribution is 6.31. The van der Waals surface area contributed by atoms with Crippen molar-refractivity contribution in [3.05, 3.63) is 59.1 Å². The molecule has 1 amide bonds. The second-order valence-electron chi connectivity index (χ2n) is 5.80. The normalized spacial score (nSPS) is 11.8. The average molecular weight is 399 g/mol. The predicted molar refractivity (Wildman–Crippen MR) is 104 cm³/mol. The minimum Gasteiger partial charge on any atom is -0.495 e. The van der Waals surface area contributed by atoms with Crippen molar-refractivity contribution < 1.29 is 19.0 Å². The van der Waals surface area contributed by atoms with Crippen LogP contribution in [0, 0.1) is 0 Å². The molecule has 9 heteroatoms. The smallest absolute Gasteiger partial charge is 0.257 e. The summed E-state index contributed by atoms with van der Waals surface area (Å²) in [5.41, 5.74) is 1.08. The van der Waals surface area contributed by atoms with Crippen LogP contribution in [0.3, 0.4) is 0 Å². The first kappa shape index (κ1) is 17.9. The van der Waals surface area contributed by atoms with E-state index >= 15 is 0 Å². The summed E-state index contributed by atoms with van der Waals surface area (Å²) in [5, 5.41) is 14.4. The van der Waals surface area contributed by atoms with Crippen LogP contribution in [-0.2, 0) is 0 Å². The number of halogens is 1. The molecule has 4 rings (SSSR count). The third-order valence-corrected chi connectivity index (χ3v) is 4.20. The number of methoxy groups -OCH3 is 1. The van der Waals surface area contributed by atoms with Gasteiger partial charge in [0.15, 0.2) is 23.1 Å². The molecule has 142 valence electrons. The second kappa shape index (κ2) is 7.61. The van der Waals surface area contributed by atoms with Gasteiger partial charge in [-0.25, -0.2) is 0 Å². The second-order valence-corrected chi connectivity index (χ2v) is 6.23. The first-order valence-corrected chi connectivity index (χ1v) is 8.65. The molecule has 8 nitrogen and oxygen atoms in total. The highest BCUT2D eigenvalue weighted by Gasteiger charge is 2.16. The van der Waals surface area contributed by atoms with Crippen LogP contribution in [0.15, 0.2) is 48.5 Å². The van der Waals surface area contributed by atoms with E-state index in [1.54, 1.807) is 55.6 Å². The monoisotopic (exact) mass is 398 g/mol. The van der Waals surface area contributed by atoms with E-state index < -0.39 is 0 Å². The van der Waals surface area contributed by atoms with Crippen LogP contribution >= 0.6 is 11.6 Å². The molecular formula is C19H15ClN4O4. The zero-order chi connectivity index (χ0) is 19.5. The van der Waals surface area contributed by atoms with Gasteiger partial charge in [-0.05, 0) is 48.5 Å². The number of carbonyl (C=O) groups excluding carboxylic acids is 1. The Kier molecular flexibility index (Phi) is 4.86. The number of aromatic nitrogens is 2. The summed E-state index contributed by atoms with van der Waals surface area (Å²) in [7, 11) is 1.56. The van der Waals surface area contributed by atoms with Gasteiger partial charge >= 0.3 is 0 Å². The topological polar surface area (TPSA) is 94.6 Å². The summed E-state index contributed by atoms with van der Waals surface area (Å²) < 4.78 is 15.8. The molecule has 0 atom stereocenters. The summed E-state index contributed by atoms with van der Waals surface area (Å²) in [6, 6.07) is 13.5. The first-order valence-electron chi connectivity index (χ1n) is 8.28. The van der Waals surface area contributed by atoms with E-state index in [9.17, 15) is 4.79 Å². The molecule has 0 saturated carbocycles. The lowest BCUT2D eigenvalue weighted by Gasteiger charge is -2.11. The maximum atomic E-state index is 12.4. The molecule has 3 aromatic rings. The Morgan fingerprint density at radius 1 is 1.04 bits per heavy atom. The quantitative estimate of drug-likeness (QED) is 0.673. The summed E-state index contributed by atoms with van der Waals surface area (Å²) >= 11 is 6.02. The molecule has 2 N–H and O–H groups in total. The molecule has 0 saturated heterocycles. The molecule has 0 radical (unpaired) electrons. The molecule has 1 aliphatic heterocycles. The van der Waals surface area contributed by atoms with E-state index in [0.717, 1.165) is 0 Å². The number of amides is 1. The zero-order valence-electron chi connectivity index (χ0n) is 14.7. The number of fused-ring (bicyclic) bond motifs is 1. The van der Waals surface area contributed by atoms with Gasteiger partial charge in [0.05, 0.1) is 12.8 Å². The van der Waals surface area contributed by atoms with Gasteiger partial charge in [-0.1, -0.05) is 11.6 Å². The van der Waals surface area contributed by atoms with E-state index in [-0.39, 0.29) is 12.7 Å². The third kappa shape index (κ3) is 3.77. The van der Waals surface area contributed by atoms with Crippen LogP contribution in [0.5, 0.6) is 17.2 Å². The van der Waals surface area contributed by atoms with Crippen molar-refractivity contribution in [3.63, 3.8) is 0 Å². The van der Waals surface area contributed by atoms with E-state index in [1.165, 1.54) is 0 Å². The van der Waals surface area contributed by atoms with Gasteiger partial charge in [0.25, 0.3) is 5.91 Å². The molecule has 0 bridgehead atoms. The Labute approximate surface area is 165 Å². The maximum Gasteiger partial charge on any atom is 0.257 e. The molecule has 0 aliphatic carbocycles. The van der Waals surface area contributed by atoms with Gasteiger partial charge < -0.3 is 24.8 Å². The lowest BCUT2D eigenvalue weighted by molar-refractivity contribution is 0.102. The summed E-state index contributed by atoms with van der Waals surface area (Å²) in [5.74, 6) is 2.22. The molecule has 1 aliphatic rings. The lowest BCUT2D eigenvalue weighted by Crippen LogP contribution is -2.13. The van der Waals surface area contributed by atoms with Gasteiger partial charge in [-0.15, -0.1) is 10.2 Å². The van der Waals surface area contributed by atoms with Gasteiger partial charge in [-0.2, -0.15) is 0 Å². The Morgan fingerprint density at radius 2 is 1.82 bits per heavy atom. The van der Waals surface area contributed by atoms with Crippen molar-refractivity contribution >= 4 is 34.8 Å². The summed E-state index contributed by atoms with van der Waals surface area (Å²) in [6.07, 6.45) is 0. The van der Waals surface area contributed by atoms with Gasteiger partial charge in [0, 0.05) is 10.6 Å². The van der Waals surface area contributed by atoms with E-state index in [2.05, 4.69) is 20.8 Å². The number of nitrogens with zero attached hydrogens (tertiary/aromatic N) is 2. The fourth-order valence-electron chi connectivity index (χ4n) is 2.61. The summed E-state index contributed by atoms with van der Waals surface area (Å²) in [6.45, 7) is 0.151. The highest BCUT2D eigenvalue weighted by atomic mass is 35.5. The molecule has 0 fully saturated rings. The molecule has 0 spiro atoms. The van der Waals surface area contributed by atoms with E-state index in [1.807, 2.05) is 0 Å². The minimum absolute atomic E-state index is 0.151. The standard InChI is InChI=1S/C19H15ClN4O4/c1-26-14-5-3-12(20)9-13(14)21-17-6-7-18(24-23-17)22-19(25)11-2-4-15-16(8-11)28-10-27-15/h2-9H,10H2,1H3,(H,21,23)(H,22,24,25). The Bertz CT molecular complexity index is 1030. The fraction of sp³-hybridized carbons (Fsp3) is 0.105. The van der Waals surface area contributed by atoms with E-state index in [4.69, 9.17) is 25.8 Å². The number of rotatable bonds is 5. The number of hydrogen-bond acceptors (Lipinski definition) is 7. The average Bonchev–Trinajstić information content (AvgIpc) is 3.17. The largest absolute Gasteiger partial charge is 0.495 e. The number of carbonyl (C=O) groups is 1. The minimum atomic E-state index is -0.329. The fourth-order valence-corrected chi connectivity index (χ4v) is 2.78. The van der Waals surface area contributed by atoms with Crippen LogP contribution in [0.2, 0.25) is 5.02 Å². The number of benzene rings is 2. The summed E-state index contributed by atoms with van der Waals surface area (Å²) in [4.78, 5) is 12.4. The van der Waals surface area contributed by atoms with Crippen LogP contribution in [0.4, 0.5) is 17.3 Å². The number of nitrogens with one attached hydrogen (secondary N) is 2. The van der Waals surface area contributed by atoms with Crippen LogP contribution in [-0.4, -0.2) is 30.0 Å². The molecule has 0 unspecified atom stereocenters.